The van der Waals surface area contributed by atoms with E-state index in [-0.39, 0.29) is 5.91 Å². The predicted octanol–water partition coefficient (Wildman–Crippen LogP) is 4.33. The van der Waals surface area contributed by atoms with E-state index < -0.39 is 5.60 Å². The van der Waals surface area contributed by atoms with Crippen LogP contribution in [0.3, 0.4) is 0 Å². The minimum Gasteiger partial charge on any atom is -0.376 e. The molecule has 3 aromatic carbocycles. The maximum Gasteiger partial charge on any atom is 0.259 e. The van der Waals surface area contributed by atoms with Gasteiger partial charge in [0, 0.05) is 37.7 Å². The summed E-state index contributed by atoms with van der Waals surface area (Å²) in [6.07, 6.45) is 3.57. The van der Waals surface area contributed by atoms with Crippen LogP contribution >= 0.6 is 0 Å². The van der Waals surface area contributed by atoms with Gasteiger partial charge in [-0.05, 0) is 41.3 Å². The second-order valence-electron chi connectivity index (χ2n) is 8.83. The number of fused-ring (bicyclic) bond motifs is 1. The van der Waals surface area contributed by atoms with Crippen molar-refractivity contribution in [1.82, 2.24) is 14.9 Å². The first-order valence-electron chi connectivity index (χ1n) is 11.5. The number of rotatable bonds is 5. The molecule has 0 saturated carbocycles. The van der Waals surface area contributed by atoms with E-state index in [1.54, 1.807) is 30.2 Å². The molecule has 2 heterocycles. The minimum absolute atomic E-state index is 0.297. The van der Waals surface area contributed by atoms with Crippen LogP contribution in [0, 0.1) is 0 Å². The van der Waals surface area contributed by atoms with Crippen molar-refractivity contribution < 1.29 is 9.90 Å². The maximum atomic E-state index is 13.6. The monoisotopic (exact) mass is 452 g/mol. The van der Waals surface area contributed by atoms with E-state index in [0.717, 1.165) is 28.2 Å². The summed E-state index contributed by atoms with van der Waals surface area (Å²) in [6.45, 7) is 3.75. The fraction of sp³-hybridized carbons (Fsp3) is 0.214. The quantitative estimate of drug-likeness (QED) is 0.473. The van der Waals surface area contributed by atoms with Crippen LogP contribution in [0.5, 0.6) is 0 Å². The number of hydrogen-bond acceptors (Lipinski definition) is 4. The number of aromatic amines is 1. The molecule has 1 atom stereocenters. The van der Waals surface area contributed by atoms with Crippen LogP contribution in [0.1, 0.15) is 23.9 Å². The Hall–Kier alpha value is -3.90. The number of carbonyl (C=O) groups is 1. The lowest BCUT2D eigenvalue weighted by molar-refractivity contribution is -0.151. The molecule has 1 aliphatic rings. The summed E-state index contributed by atoms with van der Waals surface area (Å²) in [5.74, 6) is 0.573. The summed E-state index contributed by atoms with van der Waals surface area (Å²) in [7, 11) is 0. The van der Waals surface area contributed by atoms with Gasteiger partial charge in [-0.1, -0.05) is 66.7 Å². The maximum absolute atomic E-state index is 13.6. The van der Waals surface area contributed by atoms with Crippen molar-refractivity contribution in [2.75, 3.05) is 18.0 Å². The predicted molar refractivity (Wildman–Crippen MR) is 133 cm³/mol. The van der Waals surface area contributed by atoms with Gasteiger partial charge in [-0.25, -0.2) is 4.98 Å². The normalized spacial score (nSPS) is 15.4. The lowest BCUT2D eigenvalue weighted by atomic mass is 9.94. The van der Waals surface area contributed by atoms with Crippen molar-refractivity contribution in [3.05, 3.63) is 108 Å². The van der Waals surface area contributed by atoms with Crippen LogP contribution in [0.25, 0.3) is 11.1 Å². The molecule has 6 heteroatoms. The summed E-state index contributed by atoms with van der Waals surface area (Å²) in [5.41, 5.74) is 3.33. The van der Waals surface area contributed by atoms with Crippen molar-refractivity contribution >= 4 is 11.6 Å². The number of nitrogens with one attached hydrogen (secondary N) is 1. The number of imidazole rings is 1. The highest BCUT2D eigenvalue weighted by atomic mass is 16.3. The number of carbonyl (C=O) groups excluding carboxylic acids is 1. The third-order valence-corrected chi connectivity index (χ3v) is 6.46. The van der Waals surface area contributed by atoms with E-state index in [1.807, 2.05) is 42.6 Å². The summed E-state index contributed by atoms with van der Waals surface area (Å²) in [4.78, 5) is 25.2. The standard InChI is InChI=1S/C28H28N4O2/c1-28(34,24-10-6-3-7-11-24)27(33)32-17-16-31(20-26-29-14-15-30-26)25-13-12-22(18-23(25)19-32)21-8-4-2-5-9-21/h2-15,18,34H,16-17,19-20H2,1H3,(H,29,30). The number of benzene rings is 3. The highest BCUT2D eigenvalue weighted by Gasteiger charge is 2.37. The van der Waals surface area contributed by atoms with Crippen LogP contribution in [0.15, 0.2) is 91.3 Å². The summed E-state index contributed by atoms with van der Waals surface area (Å²) in [5, 5.41) is 11.2. The van der Waals surface area contributed by atoms with Crippen LogP contribution < -0.4 is 4.90 Å². The molecule has 0 spiro atoms. The Kier molecular flexibility index (Phi) is 5.90. The molecule has 0 fully saturated rings. The van der Waals surface area contributed by atoms with Gasteiger partial charge in [-0.15, -0.1) is 0 Å². The van der Waals surface area contributed by atoms with Crippen molar-refractivity contribution in [3.63, 3.8) is 0 Å². The third kappa shape index (κ3) is 4.32. The molecule has 6 nitrogen and oxygen atoms in total. The Morgan fingerprint density at radius 3 is 2.44 bits per heavy atom. The van der Waals surface area contributed by atoms with E-state index in [1.165, 1.54) is 0 Å². The van der Waals surface area contributed by atoms with Crippen LogP contribution in [-0.4, -0.2) is 39.0 Å². The van der Waals surface area contributed by atoms with E-state index in [0.29, 0.717) is 31.7 Å². The molecule has 4 aromatic rings. The average Bonchev–Trinajstić information content (AvgIpc) is 3.32. The van der Waals surface area contributed by atoms with Crippen molar-refractivity contribution in [1.29, 1.82) is 0 Å². The topological polar surface area (TPSA) is 72.5 Å². The number of aromatic nitrogens is 2. The van der Waals surface area contributed by atoms with Gasteiger partial charge in [0.05, 0.1) is 6.54 Å². The Labute approximate surface area is 199 Å². The van der Waals surface area contributed by atoms with E-state index in [9.17, 15) is 9.90 Å². The molecule has 2 N–H and O–H groups in total. The summed E-state index contributed by atoms with van der Waals surface area (Å²) < 4.78 is 0. The Balaban J connectivity index is 1.51. The highest BCUT2D eigenvalue weighted by molar-refractivity contribution is 5.86. The van der Waals surface area contributed by atoms with Gasteiger partial charge in [0.2, 0.25) is 0 Å². The first-order chi connectivity index (χ1) is 16.5. The second kappa shape index (κ2) is 9.15. The number of nitrogens with zero attached hydrogens (tertiary/aromatic N) is 3. The second-order valence-corrected chi connectivity index (χ2v) is 8.83. The molecule has 0 radical (unpaired) electrons. The Morgan fingerprint density at radius 1 is 1.00 bits per heavy atom. The van der Waals surface area contributed by atoms with Gasteiger partial charge in [0.15, 0.2) is 5.60 Å². The third-order valence-electron chi connectivity index (χ3n) is 6.46. The van der Waals surface area contributed by atoms with Crippen molar-refractivity contribution in [2.45, 2.75) is 25.6 Å². The van der Waals surface area contributed by atoms with Gasteiger partial charge in [-0.2, -0.15) is 0 Å². The van der Waals surface area contributed by atoms with E-state index >= 15 is 0 Å². The Bertz CT molecular complexity index is 1250. The molecule has 1 amide bonds. The first-order valence-corrected chi connectivity index (χ1v) is 11.5. The average molecular weight is 453 g/mol. The number of amides is 1. The van der Waals surface area contributed by atoms with Crippen molar-refractivity contribution in [3.8, 4) is 11.1 Å². The number of hydrogen-bond donors (Lipinski definition) is 2. The summed E-state index contributed by atoms with van der Waals surface area (Å²) >= 11 is 0. The molecule has 1 aliphatic heterocycles. The molecule has 1 unspecified atom stereocenters. The first kappa shape index (κ1) is 21.9. The molecule has 0 aliphatic carbocycles. The molecular formula is C28H28N4O2. The zero-order chi connectivity index (χ0) is 23.5. The smallest absolute Gasteiger partial charge is 0.259 e. The van der Waals surface area contributed by atoms with Gasteiger partial charge in [0.1, 0.15) is 5.82 Å². The largest absolute Gasteiger partial charge is 0.376 e. The van der Waals surface area contributed by atoms with Gasteiger partial charge < -0.3 is 19.9 Å². The van der Waals surface area contributed by atoms with Gasteiger partial charge in [-0.3, -0.25) is 4.79 Å². The lowest BCUT2D eigenvalue weighted by Crippen LogP contribution is -2.46. The van der Waals surface area contributed by atoms with Crippen LogP contribution in [0.2, 0.25) is 0 Å². The highest BCUT2D eigenvalue weighted by Crippen LogP contribution is 2.33. The van der Waals surface area contributed by atoms with Gasteiger partial charge in [0.25, 0.3) is 5.91 Å². The zero-order valence-corrected chi connectivity index (χ0v) is 19.2. The zero-order valence-electron chi connectivity index (χ0n) is 19.2. The fourth-order valence-electron chi connectivity index (χ4n) is 4.57. The number of anilines is 1. The van der Waals surface area contributed by atoms with Crippen molar-refractivity contribution in [2.24, 2.45) is 0 Å². The lowest BCUT2D eigenvalue weighted by Gasteiger charge is -2.30. The van der Waals surface area contributed by atoms with E-state index in [4.69, 9.17) is 0 Å². The van der Waals surface area contributed by atoms with Crippen LogP contribution in [-0.2, 0) is 23.5 Å². The fourth-order valence-corrected chi connectivity index (χ4v) is 4.57. The minimum atomic E-state index is -1.60. The molecule has 172 valence electrons. The number of H-pyrrole nitrogens is 1. The Morgan fingerprint density at radius 2 is 1.74 bits per heavy atom. The number of aliphatic hydroxyl groups is 1. The molecule has 0 bridgehead atoms. The molecule has 34 heavy (non-hydrogen) atoms. The molecule has 5 rings (SSSR count). The SMILES string of the molecule is CC(O)(C(=O)N1CCN(Cc2ncc[nH]2)c2ccc(-c3ccccc3)cc2C1)c1ccccc1. The van der Waals surface area contributed by atoms with E-state index in [2.05, 4.69) is 45.2 Å². The molecule has 0 saturated heterocycles. The molecular weight excluding hydrogens is 424 g/mol. The van der Waals surface area contributed by atoms with Gasteiger partial charge >= 0.3 is 0 Å². The van der Waals surface area contributed by atoms with Crippen LogP contribution in [0.4, 0.5) is 5.69 Å². The molecule has 1 aromatic heterocycles. The summed E-state index contributed by atoms with van der Waals surface area (Å²) in [6, 6.07) is 25.8.